The molecule has 5 heteroatoms. The van der Waals surface area contributed by atoms with Gasteiger partial charge < -0.3 is 14.6 Å². The van der Waals surface area contributed by atoms with Crippen molar-refractivity contribution >= 4 is 5.97 Å². The molecule has 0 aromatic heterocycles. The Morgan fingerprint density at radius 1 is 1.07 bits per heavy atom. The smallest absolute Gasteiger partial charge is 0.306 e. The Labute approximate surface area is 160 Å². The molecule has 3 rings (SSSR count). The van der Waals surface area contributed by atoms with Gasteiger partial charge in [-0.15, -0.1) is 0 Å². The van der Waals surface area contributed by atoms with Crippen molar-refractivity contribution in [3.05, 3.63) is 59.7 Å². The van der Waals surface area contributed by atoms with E-state index in [1.807, 2.05) is 30.3 Å². The monoisotopic (exact) mass is 369 g/mol. The molecule has 0 bridgehead atoms. The van der Waals surface area contributed by atoms with Gasteiger partial charge in [-0.05, 0) is 49.2 Å². The van der Waals surface area contributed by atoms with Gasteiger partial charge in [-0.25, -0.2) is 0 Å². The van der Waals surface area contributed by atoms with Crippen LogP contribution in [0.15, 0.2) is 48.5 Å². The molecule has 0 aliphatic carbocycles. The van der Waals surface area contributed by atoms with Gasteiger partial charge >= 0.3 is 5.97 Å². The largest absolute Gasteiger partial charge is 0.493 e. The zero-order chi connectivity index (χ0) is 19.1. The Hall–Kier alpha value is -2.53. The fourth-order valence-corrected chi connectivity index (χ4v) is 3.45. The maximum absolute atomic E-state index is 11.1. The van der Waals surface area contributed by atoms with Crippen LogP contribution in [-0.2, 0) is 17.8 Å². The molecule has 1 heterocycles. The van der Waals surface area contributed by atoms with Crippen molar-refractivity contribution in [3.8, 4) is 11.5 Å². The lowest BCUT2D eigenvalue weighted by Crippen LogP contribution is -2.35. The van der Waals surface area contributed by atoms with Crippen LogP contribution in [0.3, 0.4) is 0 Å². The fourth-order valence-electron chi connectivity index (χ4n) is 3.45. The van der Waals surface area contributed by atoms with Gasteiger partial charge in [0.15, 0.2) is 11.5 Å². The van der Waals surface area contributed by atoms with Crippen LogP contribution in [0.5, 0.6) is 11.5 Å². The molecule has 2 aromatic carbocycles. The molecule has 1 saturated heterocycles. The first-order valence-corrected chi connectivity index (χ1v) is 9.44. The summed E-state index contributed by atoms with van der Waals surface area (Å²) in [5.74, 6) is 0.618. The predicted octanol–water partition coefficient (Wildman–Crippen LogP) is 3.61. The number of hydrogen-bond acceptors (Lipinski definition) is 4. The highest BCUT2D eigenvalue weighted by Gasteiger charge is 2.24. The summed E-state index contributed by atoms with van der Waals surface area (Å²) in [4.78, 5) is 13.4. The van der Waals surface area contributed by atoms with Crippen molar-refractivity contribution in [2.75, 3.05) is 26.8 Å². The Balaban J connectivity index is 1.53. The maximum atomic E-state index is 11.1. The third-order valence-electron chi connectivity index (χ3n) is 5.06. The molecule has 1 aliphatic rings. The fraction of sp³-hybridized carbons (Fsp3) is 0.409. The summed E-state index contributed by atoms with van der Waals surface area (Å²) in [7, 11) is 1.65. The minimum Gasteiger partial charge on any atom is -0.493 e. The summed E-state index contributed by atoms with van der Waals surface area (Å²) in [5, 5.41) is 9.11. The Bertz CT molecular complexity index is 739. The molecule has 27 heavy (non-hydrogen) atoms. The van der Waals surface area contributed by atoms with E-state index >= 15 is 0 Å². The minimum absolute atomic E-state index is 0.198. The minimum atomic E-state index is -0.673. The van der Waals surface area contributed by atoms with Gasteiger partial charge in [0.1, 0.15) is 0 Å². The number of likely N-dealkylation sites (tertiary alicyclic amines) is 1. The summed E-state index contributed by atoms with van der Waals surface area (Å²) < 4.78 is 11.4. The number of piperidine rings is 1. The molecule has 1 N–H and O–H groups in total. The van der Waals surface area contributed by atoms with Crippen molar-refractivity contribution < 1.29 is 19.4 Å². The van der Waals surface area contributed by atoms with Gasteiger partial charge in [-0.2, -0.15) is 0 Å². The van der Waals surface area contributed by atoms with Crippen molar-refractivity contribution in [2.24, 2.45) is 5.92 Å². The van der Waals surface area contributed by atoms with Gasteiger partial charge in [0.2, 0.25) is 0 Å². The first kappa shape index (κ1) is 19.2. The maximum Gasteiger partial charge on any atom is 0.306 e. The summed E-state index contributed by atoms with van der Waals surface area (Å²) in [6, 6.07) is 16.3. The molecule has 2 aromatic rings. The van der Waals surface area contributed by atoms with Crippen molar-refractivity contribution in [1.82, 2.24) is 4.90 Å². The lowest BCUT2D eigenvalue weighted by molar-refractivity contribution is -0.143. The Morgan fingerprint density at radius 2 is 1.81 bits per heavy atom. The highest BCUT2D eigenvalue weighted by atomic mass is 16.5. The van der Waals surface area contributed by atoms with Gasteiger partial charge in [-0.1, -0.05) is 36.4 Å². The first-order valence-electron chi connectivity index (χ1n) is 9.44. The highest BCUT2D eigenvalue weighted by Crippen LogP contribution is 2.29. The van der Waals surface area contributed by atoms with Crippen LogP contribution < -0.4 is 9.47 Å². The molecule has 0 spiro atoms. The normalized spacial score (nSPS) is 15.4. The van der Waals surface area contributed by atoms with Gasteiger partial charge in [0.25, 0.3) is 0 Å². The van der Waals surface area contributed by atoms with Crippen LogP contribution in [0.25, 0.3) is 0 Å². The molecule has 0 amide bonds. The molecular formula is C22H27NO4. The second kappa shape index (κ2) is 9.42. The molecule has 0 saturated carbocycles. The van der Waals surface area contributed by atoms with E-state index in [9.17, 15) is 4.79 Å². The third kappa shape index (κ3) is 5.47. The molecule has 0 unspecified atom stereocenters. The second-order valence-corrected chi connectivity index (χ2v) is 6.96. The number of hydrogen-bond donors (Lipinski definition) is 1. The molecule has 1 fully saturated rings. The van der Waals surface area contributed by atoms with Crippen molar-refractivity contribution in [3.63, 3.8) is 0 Å². The van der Waals surface area contributed by atoms with Crippen LogP contribution in [0.2, 0.25) is 0 Å². The van der Waals surface area contributed by atoms with E-state index in [-0.39, 0.29) is 5.92 Å². The van der Waals surface area contributed by atoms with E-state index in [0.29, 0.717) is 19.4 Å². The molecule has 5 nitrogen and oxygen atoms in total. The van der Waals surface area contributed by atoms with Gasteiger partial charge in [0.05, 0.1) is 19.6 Å². The molecule has 1 aliphatic heterocycles. The molecule has 0 atom stereocenters. The summed E-state index contributed by atoms with van der Waals surface area (Å²) in [6.45, 7) is 3.03. The van der Waals surface area contributed by atoms with Crippen LogP contribution in [0, 0.1) is 5.92 Å². The summed E-state index contributed by atoms with van der Waals surface area (Å²) >= 11 is 0. The van der Waals surface area contributed by atoms with E-state index in [4.69, 9.17) is 14.6 Å². The first-order chi connectivity index (χ1) is 13.2. The van der Waals surface area contributed by atoms with Gasteiger partial charge in [0, 0.05) is 13.0 Å². The molecule has 0 radical (unpaired) electrons. The molecule has 144 valence electrons. The van der Waals surface area contributed by atoms with Crippen LogP contribution in [0.1, 0.15) is 24.0 Å². The molecular weight excluding hydrogens is 342 g/mol. The standard InChI is InChI=1S/C22H27NO4/c1-26-21-15-18(16-23-12-9-19(10-13-23)22(24)25)7-8-20(21)27-14-11-17-5-3-2-4-6-17/h2-8,15,19H,9-14,16H2,1H3,(H,24,25). The van der Waals surface area contributed by atoms with E-state index in [0.717, 1.165) is 43.1 Å². The van der Waals surface area contributed by atoms with Crippen molar-refractivity contribution in [2.45, 2.75) is 25.8 Å². The van der Waals surface area contributed by atoms with E-state index in [2.05, 4.69) is 23.1 Å². The Kier molecular flexibility index (Phi) is 6.71. The lowest BCUT2D eigenvalue weighted by atomic mass is 9.97. The van der Waals surface area contributed by atoms with Crippen LogP contribution >= 0.6 is 0 Å². The number of aliphatic carboxylic acids is 1. The predicted molar refractivity (Wildman–Crippen MR) is 104 cm³/mol. The van der Waals surface area contributed by atoms with Crippen molar-refractivity contribution in [1.29, 1.82) is 0 Å². The van der Waals surface area contributed by atoms with Crippen LogP contribution in [0.4, 0.5) is 0 Å². The quantitative estimate of drug-likeness (QED) is 0.770. The summed E-state index contributed by atoms with van der Waals surface area (Å²) in [6.07, 6.45) is 2.28. The van der Waals surface area contributed by atoms with E-state index in [1.165, 1.54) is 5.56 Å². The number of carbonyl (C=O) groups is 1. The zero-order valence-corrected chi connectivity index (χ0v) is 15.8. The topological polar surface area (TPSA) is 59.0 Å². The number of rotatable bonds is 8. The number of methoxy groups -OCH3 is 1. The third-order valence-corrected chi connectivity index (χ3v) is 5.06. The Morgan fingerprint density at radius 3 is 2.48 bits per heavy atom. The number of carboxylic acid groups (broad SMARTS) is 1. The second-order valence-electron chi connectivity index (χ2n) is 6.96. The van der Waals surface area contributed by atoms with Crippen LogP contribution in [-0.4, -0.2) is 42.8 Å². The average Bonchev–Trinajstić information content (AvgIpc) is 2.70. The average molecular weight is 369 g/mol. The van der Waals surface area contributed by atoms with E-state index < -0.39 is 5.97 Å². The SMILES string of the molecule is COc1cc(CN2CCC(C(=O)O)CC2)ccc1OCCc1ccccc1. The number of benzene rings is 2. The number of nitrogens with zero attached hydrogens (tertiary/aromatic N) is 1. The van der Waals surface area contributed by atoms with Gasteiger partial charge in [-0.3, -0.25) is 9.69 Å². The number of ether oxygens (including phenoxy) is 2. The summed E-state index contributed by atoms with van der Waals surface area (Å²) in [5.41, 5.74) is 2.40. The number of carboxylic acids is 1. The zero-order valence-electron chi connectivity index (χ0n) is 15.8. The lowest BCUT2D eigenvalue weighted by Gasteiger charge is -2.30. The van der Waals surface area contributed by atoms with E-state index in [1.54, 1.807) is 7.11 Å². The highest BCUT2D eigenvalue weighted by molar-refractivity contribution is 5.70.